The molecule has 1 aliphatic heterocycles. The first-order chi connectivity index (χ1) is 14.4. The second-order valence-electron chi connectivity index (χ2n) is 7.81. The van der Waals surface area contributed by atoms with E-state index < -0.39 is 0 Å². The fourth-order valence-electron chi connectivity index (χ4n) is 3.64. The van der Waals surface area contributed by atoms with E-state index in [9.17, 15) is 9.59 Å². The molecule has 1 saturated heterocycles. The van der Waals surface area contributed by atoms with Gasteiger partial charge in [-0.2, -0.15) is 0 Å². The highest BCUT2D eigenvalue weighted by atomic mass is 32.1. The molecule has 0 bridgehead atoms. The van der Waals surface area contributed by atoms with E-state index >= 15 is 0 Å². The predicted molar refractivity (Wildman–Crippen MR) is 116 cm³/mol. The number of amides is 2. The van der Waals surface area contributed by atoms with Crippen LogP contribution in [0.25, 0.3) is 10.9 Å². The van der Waals surface area contributed by atoms with Crippen LogP contribution in [0, 0.1) is 5.92 Å². The van der Waals surface area contributed by atoms with Crippen molar-refractivity contribution >= 4 is 39.2 Å². The number of H-pyrrole nitrogens is 1. The number of rotatable bonds is 7. The van der Waals surface area contributed by atoms with Crippen LogP contribution in [0.1, 0.15) is 36.8 Å². The first-order valence-electron chi connectivity index (χ1n) is 10.0. The van der Waals surface area contributed by atoms with Crippen molar-refractivity contribution in [3.8, 4) is 5.75 Å². The number of likely N-dealkylation sites (tertiary alicyclic amines) is 1. The number of methoxy groups -OCH3 is 1. The van der Waals surface area contributed by atoms with Crippen LogP contribution in [0.15, 0.2) is 24.4 Å². The topological polar surface area (TPSA) is 100 Å². The van der Waals surface area contributed by atoms with Crippen LogP contribution in [0.2, 0.25) is 0 Å². The largest absolute Gasteiger partial charge is 0.497 e. The molecule has 1 aliphatic rings. The highest BCUT2D eigenvalue weighted by Gasteiger charge is 2.34. The van der Waals surface area contributed by atoms with Crippen molar-refractivity contribution in [3.63, 3.8) is 0 Å². The van der Waals surface area contributed by atoms with Gasteiger partial charge in [0.05, 0.1) is 13.0 Å². The molecule has 0 saturated carbocycles. The van der Waals surface area contributed by atoms with Gasteiger partial charge in [-0.05, 0) is 30.2 Å². The van der Waals surface area contributed by atoms with Crippen LogP contribution in [-0.4, -0.2) is 52.1 Å². The number of anilines is 1. The third-order valence-electron chi connectivity index (χ3n) is 5.38. The van der Waals surface area contributed by atoms with Gasteiger partial charge >= 0.3 is 0 Å². The Morgan fingerprint density at radius 3 is 2.97 bits per heavy atom. The van der Waals surface area contributed by atoms with E-state index in [-0.39, 0.29) is 30.1 Å². The van der Waals surface area contributed by atoms with Gasteiger partial charge < -0.3 is 19.9 Å². The van der Waals surface area contributed by atoms with Crippen LogP contribution in [-0.2, 0) is 16.0 Å². The van der Waals surface area contributed by atoms with E-state index in [1.54, 1.807) is 12.0 Å². The number of aromatic nitrogens is 3. The first kappa shape index (κ1) is 20.3. The van der Waals surface area contributed by atoms with E-state index in [0.717, 1.165) is 27.2 Å². The average molecular weight is 428 g/mol. The van der Waals surface area contributed by atoms with Gasteiger partial charge in [-0.3, -0.25) is 9.59 Å². The van der Waals surface area contributed by atoms with E-state index in [1.165, 1.54) is 11.3 Å². The standard InChI is InChI=1S/C21H25N5O3S/c1-12(2)20-24-25-21(30-20)23-19(28)14-8-18(27)26(11-14)7-6-13-10-22-17-5-4-15(29-3)9-16(13)17/h4-5,9-10,12,14,22H,6-8,11H2,1-3H3,(H,23,25,28)/t14-/m0/s1. The Morgan fingerprint density at radius 2 is 2.23 bits per heavy atom. The molecule has 1 atom stereocenters. The fourth-order valence-corrected chi connectivity index (χ4v) is 4.39. The van der Waals surface area contributed by atoms with Gasteiger partial charge in [-0.25, -0.2) is 0 Å². The Labute approximate surface area is 178 Å². The summed E-state index contributed by atoms with van der Waals surface area (Å²) in [6, 6.07) is 5.89. The Kier molecular flexibility index (Phi) is 5.72. The Bertz CT molecular complexity index is 1070. The minimum Gasteiger partial charge on any atom is -0.497 e. The van der Waals surface area contributed by atoms with Gasteiger partial charge in [0.25, 0.3) is 0 Å². The maximum Gasteiger partial charge on any atom is 0.231 e. The normalized spacial score (nSPS) is 16.6. The first-order valence-corrected chi connectivity index (χ1v) is 10.8. The lowest BCUT2D eigenvalue weighted by Gasteiger charge is -2.16. The second-order valence-corrected chi connectivity index (χ2v) is 8.81. The summed E-state index contributed by atoms with van der Waals surface area (Å²) in [6.07, 6.45) is 2.90. The fraction of sp³-hybridized carbons (Fsp3) is 0.429. The van der Waals surface area contributed by atoms with Crippen molar-refractivity contribution in [2.75, 3.05) is 25.5 Å². The summed E-state index contributed by atoms with van der Waals surface area (Å²) in [7, 11) is 1.65. The minimum absolute atomic E-state index is 0.00713. The summed E-state index contributed by atoms with van der Waals surface area (Å²) in [5.74, 6) is 0.532. The molecule has 8 nitrogen and oxygen atoms in total. The minimum atomic E-state index is -0.369. The number of hydrogen-bond donors (Lipinski definition) is 2. The molecule has 4 rings (SSSR count). The molecule has 158 valence electrons. The van der Waals surface area contributed by atoms with Gasteiger partial charge in [0, 0.05) is 42.5 Å². The molecular formula is C21H25N5O3S. The summed E-state index contributed by atoms with van der Waals surface area (Å²) >= 11 is 1.38. The maximum atomic E-state index is 12.6. The number of hydrogen-bond acceptors (Lipinski definition) is 6. The van der Waals surface area contributed by atoms with Gasteiger partial charge in [0.1, 0.15) is 10.8 Å². The van der Waals surface area contributed by atoms with Crippen molar-refractivity contribution in [2.45, 2.75) is 32.6 Å². The number of nitrogens with zero attached hydrogens (tertiary/aromatic N) is 3. The van der Waals surface area contributed by atoms with Crippen molar-refractivity contribution in [1.82, 2.24) is 20.1 Å². The number of nitrogens with one attached hydrogen (secondary N) is 2. The van der Waals surface area contributed by atoms with Crippen LogP contribution in [0.3, 0.4) is 0 Å². The van der Waals surface area contributed by atoms with Crippen molar-refractivity contribution in [2.24, 2.45) is 5.92 Å². The molecule has 0 aliphatic carbocycles. The lowest BCUT2D eigenvalue weighted by Crippen LogP contribution is -2.30. The van der Waals surface area contributed by atoms with Crippen molar-refractivity contribution in [1.29, 1.82) is 0 Å². The van der Waals surface area contributed by atoms with Crippen LogP contribution in [0.5, 0.6) is 5.75 Å². The van der Waals surface area contributed by atoms with Crippen molar-refractivity contribution in [3.05, 3.63) is 35.0 Å². The maximum absolute atomic E-state index is 12.6. The molecule has 2 aromatic heterocycles. The van der Waals surface area contributed by atoms with Gasteiger partial charge in [0.15, 0.2) is 0 Å². The highest BCUT2D eigenvalue weighted by molar-refractivity contribution is 7.15. The lowest BCUT2D eigenvalue weighted by atomic mass is 10.1. The average Bonchev–Trinajstić information content (AvgIpc) is 3.44. The molecule has 1 aromatic carbocycles. The molecule has 9 heteroatoms. The molecule has 3 aromatic rings. The SMILES string of the molecule is COc1ccc2[nH]cc(CCN3C[C@@H](C(=O)Nc4nnc(C(C)C)s4)CC3=O)c2c1. The predicted octanol–water partition coefficient (Wildman–Crippen LogP) is 3.18. The molecular weight excluding hydrogens is 402 g/mol. The quantitative estimate of drug-likeness (QED) is 0.603. The van der Waals surface area contributed by atoms with Gasteiger partial charge in [-0.1, -0.05) is 25.2 Å². The molecule has 3 heterocycles. The third-order valence-corrected chi connectivity index (χ3v) is 6.51. The highest BCUT2D eigenvalue weighted by Crippen LogP contribution is 2.27. The van der Waals surface area contributed by atoms with Crippen LogP contribution >= 0.6 is 11.3 Å². The van der Waals surface area contributed by atoms with E-state index in [2.05, 4.69) is 20.5 Å². The van der Waals surface area contributed by atoms with E-state index in [0.29, 0.717) is 24.6 Å². The Morgan fingerprint density at radius 1 is 1.40 bits per heavy atom. The number of fused-ring (bicyclic) bond motifs is 1. The number of carbonyl (C=O) groups excluding carboxylic acids is 2. The van der Waals surface area contributed by atoms with Gasteiger partial charge in [-0.15, -0.1) is 10.2 Å². The number of carbonyl (C=O) groups is 2. The summed E-state index contributed by atoms with van der Waals surface area (Å²) < 4.78 is 5.31. The smallest absolute Gasteiger partial charge is 0.231 e. The molecule has 1 fully saturated rings. The lowest BCUT2D eigenvalue weighted by molar-refractivity contribution is -0.128. The Balaban J connectivity index is 1.36. The summed E-state index contributed by atoms with van der Waals surface area (Å²) in [5, 5.41) is 13.4. The van der Waals surface area contributed by atoms with Crippen molar-refractivity contribution < 1.29 is 14.3 Å². The molecule has 0 unspecified atom stereocenters. The Hall–Kier alpha value is -2.94. The van der Waals surface area contributed by atoms with Crippen LogP contribution in [0.4, 0.5) is 5.13 Å². The molecule has 2 N–H and O–H groups in total. The van der Waals surface area contributed by atoms with Gasteiger partial charge in [0.2, 0.25) is 16.9 Å². The number of aromatic amines is 1. The second kappa shape index (κ2) is 8.43. The summed E-state index contributed by atoms with van der Waals surface area (Å²) in [5.41, 5.74) is 2.16. The molecule has 0 spiro atoms. The zero-order chi connectivity index (χ0) is 21.3. The summed E-state index contributed by atoms with van der Waals surface area (Å²) in [4.78, 5) is 30.1. The number of benzene rings is 1. The zero-order valence-electron chi connectivity index (χ0n) is 17.3. The van der Waals surface area contributed by atoms with E-state index in [1.807, 2.05) is 38.2 Å². The molecule has 30 heavy (non-hydrogen) atoms. The molecule has 2 amide bonds. The summed E-state index contributed by atoms with van der Waals surface area (Å²) in [6.45, 7) is 5.06. The monoisotopic (exact) mass is 427 g/mol. The number of ether oxygens (including phenoxy) is 1. The van der Waals surface area contributed by atoms with Crippen LogP contribution < -0.4 is 10.1 Å². The third kappa shape index (κ3) is 4.16. The molecule has 0 radical (unpaired) electrons. The zero-order valence-corrected chi connectivity index (χ0v) is 18.1. The van der Waals surface area contributed by atoms with E-state index in [4.69, 9.17) is 4.74 Å².